The van der Waals surface area contributed by atoms with Crippen LogP contribution in [0.4, 0.5) is 0 Å². The number of rotatable bonds is 0. The summed E-state index contributed by atoms with van der Waals surface area (Å²) in [5.74, 6) is 1.14. The van der Waals surface area contributed by atoms with Crippen molar-refractivity contribution < 1.29 is 9.53 Å². The van der Waals surface area contributed by atoms with Crippen LogP contribution in [0.1, 0.15) is 26.7 Å². The van der Waals surface area contributed by atoms with Crippen LogP contribution in [0.15, 0.2) is 12.2 Å². The summed E-state index contributed by atoms with van der Waals surface area (Å²) in [5.41, 5.74) is 0. The van der Waals surface area contributed by atoms with Crippen molar-refractivity contribution in [3.8, 4) is 0 Å². The first-order valence-electron chi connectivity index (χ1n) is 5.07. The van der Waals surface area contributed by atoms with Gasteiger partial charge in [0.15, 0.2) is 0 Å². The van der Waals surface area contributed by atoms with E-state index < -0.39 is 0 Å². The maximum atomic E-state index is 11.3. The Hall–Kier alpha value is -0.790. The molecule has 0 amide bonds. The van der Waals surface area contributed by atoms with Gasteiger partial charge in [-0.3, -0.25) is 4.79 Å². The number of hydrogen-bond donors (Lipinski definition) is 0. The maximum absolute atomic E-state index is 11.3. The first-order chi connectivity index (χ1) is 6.18. The smallest absolute Gasteiger partial charge is 0.309 e. The number of fused-ring (bicyclic) bond motifs is 1. The fraction of sp³-hybridized carbons (Fsp3) is 0.727. The topological polar surface area (TPSA) is 26.3 Å². The molecule has 2 aliphatic rings. The van der Waals surface area contributed by atoms with Crippen molar-refractivity contribution in [2.75, 3.05) is 0 Å². The molecular weight excluding hydrogens is 164 g/mol. The lowest BCUT2D eigenvalue weighted by Gasteiger charge is -2.13. The van der Waals surface area contributed by atoms with E-state index in [0.717, 1.165) is 6.42 Å². The van der Waals surface area contributed by atoms with Gasteiger partial charge in [0.2, 0.25) is 0 Å². The standard InChI is InChI=1S/C11H16O2/c1-7-3-5-9-8(2)11(12)13-10(9)6-4-7/h4,6-10H,3,5H2,1-2H3/t7-,8+,9-,10-/m0/s1. The van der Waals surface area contributed by atoms with Gasteiger partial charge in [0.05, 0.1) is 5.92 Å². The second kappa shape index (κ2) is 3.17. The molecule has 0 radical (unpaired) electrons. The van der Waals surface area contributed by atoms with Gasteiger partial charge in [-0.1, -0.05) is 19.9 Å². The molecule has 0 aromatic heterocycles. The van der Waals surface area contributed by atoms with Crippen molar-refractivity contribution in [1.82, 2.24) is 0 Å². The summed E-state index contributed by atoms with van der Waals surface area (Å²) in [5, 5.41) is 0. The minimum atomic E-state index is -0.0193. The maximum Gasteiger partial charge on any atom is 0.309 e. The molecule has 0 bridgehead atoms. The lowest BCUT2D eigenvalue weighted by molar-refractivity contribution is -0.142. The van der Waals surface area contributed by atoms with Gasteiger partial charge in [-0.2, -0.15) is 0 Å². The molecule has 1 fully saturated rings. The lowest BCUT2D eigenvalue weighted by Crippen LogP contribution is -2.16. The molecule has 0 spiro atoms. The highest BCUT2D eigenvalue weighted by Gasteiger charge is 2.40. The summed E-state index contributed by atoms with van der Waals surface area (Å²) in [6, 6.07) is 0. The van der Waals surface area contributed by atoms with E-state index in [0.29, 0.717) is 11.8 Å². The van der Waals surface area contributed by atoms with Crippen LogP contribution in [0.2, 0.25) is 0 Å². The zero-order valence-corrected chi connectivity index (χ0v) is 8.19. The molecule has 1 aliphatic carbocycles. The summed E-state index contributed by atoms with van der Waals surface area (Å²) in [6.45, 7) is 4.20. The largest absolute Gasteiger partial charge is 0.458 e. The molecule has 1 heterocycles. The minimum absolute atomic E-state index is 0.0193. The van der Waals surface area contributed by atoms with Crippen molar-refractivity contribution in [2.24, 2.45) is 17.8 Å². The molecule has 4 atom stereocenters. The highest BCUT2D eigenvalue weighted by atomic mass is 16.6. The predicted octanol–water partition coefficient (Wildman–Crippen LogP) is 2.15. The van der Waals surface area contributed by atoms with Crippen molar-refractivity contribution in [3.63, 3.8) is 0 Å². The van der Waals surface area contributed by atoms with E-state index in [9.17, 15) is 4.79 Å². The van der Waals surface area contributed by atoms with Crippen LogP contribution in [0.3, 0.4) is 0 Å². The monoisotopic (exact) mass is 180 g/mol. The molecule has 2 heteroatoms. The molecule has 2 nitrogen and oxygen atoms in total. The quantitative estimate of drug-likeness (QED) is 0.422. The average molecular weight is 180 g/mol. The third kappa shape index (κ3) is 1.50. The fourth-order valence-electron chi connectivity index (χ4n) is 2.24. The second-order valence-corrected chi connectivity index (χ2v) is 4.29. The number of carbonyl (C=O) groups excluding carboxylic acids is 1. The molecule has 1 aliphatic heterocycles. The van der Waals surface area contributed by atoms with Gasteiger partial charge in [-0.25, -0.2) is 0 Å². The molecule has 0 aromatic carbocycles. The number of hydrogen-bond acceptors (Lipinski definition) is 2. The van der Waals surface area contributed by atoms with Crippen molar-refractivity contribution in [3.05, 3.63) is 12.2 Å². The van der Waals surface area contributed by atoms with E-state index in [4.69, 9.17) is 4.74 Å². The Morgan fingerprint density at radius 3 is 2.85 bits per heavy atom. The summed E-state index contributed by atoms with van der Waals surface area (Å²) < 4.78 is 5.28. The Bertz CT molecular complexity index is 244. The highest BCUT2D eigenvalue weighted by molar-refractivity contribution is 5.75. The van der Waals surface area contributed by atoms with Gasteiger partial charge in [-0.05, 0) is 24.8 Å². The SMILES string of the molecule is C[C@@H]1C=C[C@@H]2OC(=O)[C@H](C)[C@@H]2CC1. The Morgan fingerprint density at radius 1 is 1.31 bits per heavy atom. The predicted molar refractivity (Wildman–Crippen MR) is 50.1 cm³/mol. The van der Waals surface area contributed by atoms with Crippen LogP contribution in [0.25, 0.3) is 0 Å². The Kier molecular flexibility index (Phi) is 2.14. The van der Waals surface area contributed by atoms with Crippen LogP contribution in [-0.2, 0) is 9.53 Å². The Labute approximate surface area is 79.0 Å². The van der Waals surface area contributed by atoms with Gasteiger partial charge in [0.25, 0.3) is 0 Å². The number of carbonyl (C=O) groups is 1. The molecule has 0 aromatic rings. The molecular formula is C11H16O2. The zero-order valence-electron chi connectivity index (χ0n) is 8.19. The molecule has 72 valence electrons. The van der Waals surface area contributed by atoms with Crippen molar-refractivity contribution in [2.45, 2.75) is 32.8 Å². The van der Waals surface area contributed by atoms with E-state index in [-0.39, 0.29) is 18.0 Å². The molecule has 0 N–H and O–H groups in total. The summed E-state index contributed by atoms with van der Waals surface area (Å²) in [6.07, 6.45) is 6.61. The van der Waals surface area contributed by atoms with Crippen molar-refractivity contribution in [1.29, 1.82) is 0 Å². The number of ether oxygens (including phenoxy) is 1. The summed E-state index contributed by atoms with van der Waals surface area (Å²) in [7, 11) is 0. The normalized spacial score (nSPS) is 44.0. The first-order valence-corrected chi connectivity index (χ1v) is 5.07. The molecule has 13 heavy (non-hydrogen) atoms. The van der Waals surface area contributed by atoms with Crippen LogP contribution in [-0.4, -0.2) is 12.1 Å². The van der Waals surface area contributed by atoms with Gasteiger partial charge < -0.3 is 4.74 Å². The highest BCUT2D eigenvalue weighted by Crippen LogP contribution is 2.35. The lowest BCUT2D eigenvalue weighted by atomic mass is 9.88. The molecule has 0 saturated carbocycles. The van der Waals surface area contributed by atoms with Crippen LogP contribution in [0, 0.1) is 17.8 Å². The second-order valence-electron chi connectivity index (χ2n) is 4.29. The fourth-order valence-corrected chi connectivity index (χ4v) is 2.24. The van der Waals surface area contributed by atoms with Crippen LogP contribution in [0.5, 0.6) is 0 Å². The molecule has 2 rings (SSSR count). The van der Waals surface area contributed by atoms with E-state index in [1.54, 1.807) is 0 Å². The molecule has 1 saturated heterocycles. The summed E-state index contributed by atoms with van der Waals surface area (Å²) in [4.78, 5) is 11.3. The Balaban J connectivity index is 2.16. The summed E-state index contributed by atoms with van der Waals surface area (Å²) >= 11 is 0. The van der Waals surface area contributed by atoms with E-state index in [2.05, 4.69) is 19.1 Å². The van der Waals surface area contributed by atoms with E-state index >= 15 is 0 Å². The van der Waals surface area contributed by atoms with Gasteiger partial charge >= 0.3 is 5.97 Å². The number of esters is 1. The zero-order chi connectivity index (χ0) is 9.42. The Morgan fingerprint density at radius 2 is 2.08 bits per heavy atom. The molecule has 0 unspecified atom stereocenters. The van der Waals surface area contributed by atoms with Crippen molar-refractivity contribution >= 4 is 5.97 Å². The van der Waals surface area contributed by atoms with Crippen LogP contribution >= 0.6 is 0 Å². The van der Waals surface area contributed by atoms with Gasteiger partial charge in [-0.15, -0.1) is 0 Å². The number of allylic oxidation sites excluding steroid dienone is 1. The first kappa shape index (κ1) is 8.79. The minimum Gasteiger partial charge on any atom is -0.458 e. The average Bonchev–Trinajstić information content (AvgIpc) is 2.28. The third-order valence-corrected chi connectivity index (χ3v) is 3.27. The third-order valence-electron chi connectivity index (χ3n) is 3.27. The van der Waals surface area contributed by atoms with E-state index in [1.807, 2.05) is 6.92 Å². The van der Waals surface area contributed by atoms with Gasteiger partial charge in [0.1, 0.15) is 6.10 Å². The van der Waals surface area contributed by atoms with Gasteiger partial charge in [0, 0.05) is 5.92 Å². The van der Waals surface area contributed by atoms with E-state index in [1.165, 1.54) is 6.42 Å². The van der Waals surface area contributed by atoms with Crippen LogP contribution < -0.4 is 0 Å².